The fourth-order valence-electron chi connectivity index (χ4n) is 2.19. The molecule has 0 spiro atoms. The van der Waals surface area contributed by atoms with Crippen molar-refractivity contribution in [2.45, 2.75) is 0 Å². The largest absolute Gasteiger partial charge is 0.478 e. The molecule has 3 nitrogen and oxygen atoms in total. The number of benzene rings is 2. The van der Waals surface area contributed by atoms with E-state index in [0.29, 0.717) is 22.0 Å². The van der Waals surface area contributed by atoms with E-state index in [1.807, 2.05) is 0 Å². The van der Waals surface area contributed by atoms with Gasteiger partial charge >= 0.3 is 5.97 Å². The minimum Gasteiger partial charge on any atom is -0.478 e. The van der Waals surface area contributed by atoms with Crippen LogP contribution in [0.25, 0.3) is 22.0 Å². The Morgan fingerprint density at radius 1 is 1.25 bits per heavy atom. The summed E-state index contributed by atoms with van der Waals surface area (Å²) in [6.07, 6.45) is 1.42. The number of aromatic carboxylic acids is 1. The minimum absolute atomic E-state index is 0.0372. The maximum absolute atomic E-state index is 14.0. The average Bonchev–Trinajstić information content (AvgIpc) is 2.85. The summed E-state index contributed by atoms with van der Waals surface area (Å²) in [5.74, 6) is -1.54. The number of hydrogen-bond donors (Lipinski definition) is 2. The van der Waals surface area contributed by atoms with E-state index in [9.17, 15) is 9.18 Å². The summed E-state index contributed by atoms with van der Waals surface area (Å²) in [4.78, 5) is 14.0. The van der Waals surface area contributed by atoms with Gasteiger partial charge in [0.1, 0.15) is 5.82 Å². The van der Waals surface area contributed by atoms with Crippen molar-refractivity contribution in [1.29, 1.82) is 0 Å². The van der Waals surface area contributed by atoms with Crippen molar-refractivity contribution in [2.75, 3.05) is 0 Å². The minimum atomic E-state index is -1.03. The number of hydrogen-bond acceptors (Lipinski definition) is 1. The number of rotatable bonds is 2. The molecule has 2 aromatic carbocycles. The van der Waals surface area contributed by atoms with Gasteiger partial charge in [0.25, 0.3) is 0 Å². The Labute approximate surface area is 118 Å². The lowest BCUT2D eigenvalue weighted by Crippen LogP contribution is -1.94. The molecule has 0 radical (unpaired) electrons. The summed E-state index contributed by atoms with van der Waals surface area (Å²) in [6, 6.07) is 9.81. The SMILES string of the molecule is O=C(O)c1c[nH]c2ccc(-c3cccc(Cl)c3F)cc12. The first kappa shape index (κ1) is 12.7. The molecule has 0 atom stereocenters. The molecule has 3 aromatic rings. The zero-order valence-corrected chi connectivity index (χ0v) is 10.9. The van der Waals surface area contributed by atoms with E-state index in [2.05, 4.69) is 4.98 Å². The molecule has 0 saturated heterocycles. The summed E-state index contributed by atoms with van der Waals surface area (Å²) in [6.45, 7) is 0. The quantitative estimate of drug-likeness (QED) is 0.738. The van der Waals surface area contributed by atoms with Crippen LogP contribution in [0.5, 0.6) is 0 Å². The molecule has 0 aliphatic heterocycles. The molecule has 1 aromatic heterocycles. The fraction of sp³-hybridized carbons (Fsp3) is 0. The topological polar surface area (TPSA) is 53.1 Å². The fourth-order valence-corrected chi connectivity index (χ4v) is 2.37. The van der Waals surface area contributed by atoms with Crippen molar-refractivity contribution in [3.63, 3.8) is 0 Å². The molecule has 0 aliphatic carbocycles. The second-order valence-electron chi connectivity index (χ2n) is 4.37. The number of H-pyrrole nitrogens is 1. The van der Waals surface area contributed by atoms with Crippen molar-refractivity contribution >= 4 is 28.5 Å². The second-order valence-corrected chi connectivity index (χ2v) is 4.78. The highest BCUT2D eigenvalue weighted by atomic mass is 35.5. The molecule has 100 valence electrons. The number of halogens is 2. The van der Waals surface area contributed by atoms with Crippen LogP contribution >= 0.6 is 11.6 Å². The zero-order chi connectivity index (χ0) is 14.3. The Kier molecular flexibility index (Phi) is 2.95. The average molecular weight is 290 g/mol. The van der Waals surface area contributed by atoms with Crippen molar-refractivity contribution in [3.8, 4) is 11.1 Å². The second kappa shape index (κ2) is 4.65. The molecule has 0 unspecified atom stereocenters. The van der Waals surface area contributed by atoms with Crippen LogP contribution in [0.15, 0.2) is 42.6 Å². The molecule has 0 aliphatic rings. The Hall–Kier alpha value is -2.33. The van der Waals surface area contributed by atoms with E-state index in [4.69, 9.17) is 16.7 Å². The van der Waals surface area contributed by atoms with Gasteiger partial charge in [-0.2, -0.15) is 0 Å². The van der Waals surface area contributed by atoms with Crippen LogP contribution in [0.3, 0.4) is 0 Å². The Morgan fingerprint density at radius 2 is 2.05 bits per heavy atom. The summed E-state index contributed by atoms with van der Waals surface area (Å²) in [5.41, 5.74) is 1.77. The van der Waals surface area contributed by atoms with Crippen molar-refractivity contribution < 1.29 is 14.3 Å². The van der Waals surface area contributed by atoms with Crippen LogP contribution in [-0.2, 0) is 0 Å². The number of carbonyl (C=O) groups is 1. The van der Waals surface area contributed by atoms with Gasteiger partial charge < -0.3 is 10.1 Å². The van der Waals surface area contributed by atoms with E-state index < -0.39 is 11.8 Å². The predicted octanol–water partition coefficient (Wildman–Crippen LogP) is 4.33. The standard InChI is InChI=1S/C15H9ClFNO2/c16-12-3-1-2-9(14(12)17)8-4-5-13-10(6-8)11(7-18-13)15(19)20/h1-7,18H,(H,19,20). The van der Waals surface area contributed by atoms with Gasteiger partial charge in [-0.1, -0.05) is 29.8 Å². The molecule has 0 amide bonds. The molecule has 0 saturated carbocycles. The third-order valence-electron chi connectivity index (χ3n) is 3.17. The van der Waals surface area contributed by atoms with Crippen LogP contribution in [0.2, 0.25) is 5.02 Å². The van der Waals surface area contributed by atoms with E-state index >= 15 is 0 Å². The highest BCUT2D eigenvalue weighted by Gasteiger charge is 2.13. The third-order valence-corrected chi connectivity index (χ3v) is 3.47. The number of aromatic nitrogens is 1. The summed E-state index contributed by atoms with van der Waals surface area (Å²) < 4.78 is 14.0. The zero-order valence-electron chi connectivity index (χ0n) is 10.2. The number of carboxylic acids is 1. The van der Waals surface area contributed by atoms with Gasteiger partial charge in [0, 0.05) is 22.7 Å². The van der Waals surface area contributed by atoms with E-state index in [1.54, 1.807) is 30.3 Å². The summed E-state index contributed by atoms with van der Waals surface area (Å²) in [7, 11) is 0. The monoisotopic (exact) mass is 289 g/mol. The van der Waals surface area contributed by atoms with Crippen LogP contribution in [0, 0.1) is 5.82 Å². The predicted molar refractivity (Wildman–Crippen MR) is 75.7 cm³/mol. The highest BCUT2D eigenvalue weighted by Crippen LogP contribution is 2.30. The molecule has 0 fully saturated rings. The normalized spacial score (nSPS) is 10.9. The van der Waals surface area contributed by atoms with Gasteiger partial charge in [0.05, 0.1) is 10.6 Å². The first-order chi connectivity index (χ1) is 9.58. The number of nitrogens with one attached hydrogen (secondary N) is 1. The molecule has 2 N–H and O–H groups in total. The maximum Gasteiger partial charge on any atom is 0.337 e. The molecule has 3 rings (SSSR count). The molecule has 5 heteroatoms. The van der Waals surface area contributed by atoms with Gasteiger partial charge in [-0.25, -0.2) is 9.18 Å². The van der Waals surface area contributed by atoms with Crippen molar-refractivity contribution in [2.24, 2.45) is 0 Å². The van der Waals surface area contributed by atoms with Crippen LogP contribution < -0.4 is 0 Å². The van der Waals surface area contributed by atoms with Gasteiger partial charge in [-0.3, -0.25) is 0 Å². The van der Waals surface area contributed by atoms with Crippen molar-refractivity contribution in [1.82, 2.24) is 4.98 Å². The van der Waals surface area contributed by atoms with Gasteiger partial charge in [-0.15, -0.1) is 0 Å². The van der Waals surface area contributed by atoms with Crippen molar-refractivity contribution in [3.05, 3.63) is 59.0 Å². The van der Waals surface area contributed by atoms with E-state index in [-0.39, 0.29) is 10.6 Å². The van der Waals surface area contributed by atoms with E-state index in [1.165, 1.54) is 12.3 Å². The summed E-state index contributed by atoms with van der Waals surface area (Å²) >= 11 is 5.77. The van der Waals surface area contributed by atoms with Crippen LogP contribution in [0.1, 0.15) is 10.4 Å². The molecule has 0 bridgehead atoms. The maximum atomic E-state index is 14.0. The molecule has 20 heavy (non-hydrogen) atoms. The van der Waals surface area contributed by atoms with Crippen LogP contribution in [0.4, 0.5) is 4.39 Å². The van der Waals surface area contributed by atoms with Crippen LogP contribution in [-0.4, -0.2) is 16.1 Å². The van der Waals surface area contributed by atoms with Gasteiger partial charge in [-0.05, 0) is 23.8 Å². The van der Waals surface area contributed by atoms with Gasteiger partial charge in [0.15, 0.2) is 0 Å². The first-order valence-corrected chi connectivity index (χ1v) is 6.24. The number of fused-ring (bicyclic) bond motifs is 1. The van der Waals surface area contributed by atoms with E-state index in [0.717, 1.165) is 0 Å². The third kappa shape index (κ3) is 1.94. The summed E-state index contributed by atoms with van der Waals surface area (Å²) in [5, 5.41) is 9.69. The lowest BCUT2D eigenvalue weighted by atomic mass is 10.0. The Bertz CT molecular complexity index is 826. The van der Waals surface area contributed by atoms with Gasteiger partial charge in [0.2, 0.25) is 0 Å². The lowest BCUT2D eigenvalue weighted by molar-refractivity contribution is 0.0699. The molecular weight excluding hydrogens is 281 g/mol. The Morgan fingerprint density at radius 3 is 2.80 bits per heavy atom. The number of carboxylic acid groups (broad SMARTS) is 1. The first-order valence-electron chi connectivity index (χ1n) is 5.87. The highest BCUT2D eigenvalue weighted by molar-refractivity contribution is 6.31. The smallest absolute Gasteiger partial charge is 0.337 e. The lowest BCUT2D eigenvalue weighted by Gasteiger charge is -2.05. The molecular formula is C15H9ClFNO2. The number of aromatic amines is 1. The molecule has 1 heterocycles. The Balaban J connectivity index is 2.24.